The van der Waals surface area contributed by atoms with Gasteiger partial charge >= 0.3 is 6.18 Å². The molecule has 3 rings (SSSR count). The van der Waals surface area contributed by atoms with Gasteiger partial charge in [-0.05, 0) is 42.0 Å². The minimum atomic E-state index is -4.47. The number of hydrogen-bond acceptors (Lipinski definition) is 2. The molecule has 0 aliphatic rings. The van der Waals surface area contributed by atoms with Crippen molar-refractivity contribution in [3.8, 4) is 0 Å². The first kappa shape index (κ1) is 18.4. The van der Waals surface area contributed by atoms with Crippen molar-refractivity contribution in [2.24, 2.45) is 0 Å². The van der Waals surface area contributed by atoms with Gasteiger partial charge in [-0.25, -0.2) is 4.98 Å². The van der Waals surface area contributed by atoms with Gasteiger partial charge in [0.25, 0.3) is 5.91 Å². The maximum absolute atomic E-state index is 12.8. The molecule has 0 bridgehead atoms. The van der Waals surface area contributed by atoms with Crippen LogP contribution in [0.25, 0.3) is 12.2 Å². The smallest absolute Gasteiger partial charge is 0.321 e. The van der Waals surface area contributed by atoms with Crippen molar-refractivity contribution in [3.63, 3.8) is 0 Å². The van der Waals surface area contributed by atoms with E-state index < -0.39 is 17.6 Å². The minimum Gasteiger partial charge on any atom is -0.321 e. The number of halogens is 3. The highest BCUT2D eigenvalue weighted by Gasteiger charge is 2.30. The number of rotatable bonds is 4. The van der Waals surface area contributed by atoms with E-state index in [1.807, 2.05) is 36.4 Å². The molecule has 136 valence electrons. The molecule has 1 heterocycles. The molecular weight excluding hydrogens is 353 g/mol. The van der Waals surface area contributed by atoms with E-state index in [4.69, 9.17) is 0 Å². The van der Waals surface area contributed by atoms with E-state index >= 15 is 0 Å². The highest BCUT2D eigenvalue weighted by Crippen LogP contribution is 2.30. The van der Waals surface area contributed by atoms with Crippen LogP contribution >= 0.6 is 0 Å². The standard InChI is InChI=1S/C21H15F3N2O/c22-21(23,24)16-8-4-10-18(14-16)26-20(27)19-11-5-9-17(25-19)13-12-15-6-2-1-3-7-15/h1-14H,(H,26,27). The van der Waals surface area contributed by atoms with Crippen molar-refractivity contribution >= 4 is 23.7 Å². The van der Waals surface area contributed by atoms with Crippen LogP contribution in [0, 0.1) is 0 Å². The fourth-order valence-electron chi connectivity index (χ4n) is 2.38. The van der Waals surface area contributed by atoms with Crippen LogP contribution in [-0.2, 0) is 6.18 Å². The lowest BCUT2D eigenvalue weighted by atomic mass is 10.2. The lowest BCUT2D eigenvalue weighted by molar-refractivity contribution is -0.137. The molecule has 0 radical (unpaired) electrons. The summed E-state index contributed by atoms with van der Waals surface area (Å²) in [5.41, 5.74) is 0.894. The van der Waals surface area contributed by atoms with Gasteiger partial charge in [0.05, 0.1) is 11.3 Å². The Kier molecular flexibility index (Phi) is 5.35. The molecule has 1 aromatic heterocycles. The third-order valence-electron chi connectivity index (χ3n) is 3.70. The second-order valence-electron chi connectivity index (χ2n) is 5.72. The summed E-state index contributed by atoms with van der Waals surface area (Å²) in [5, 5.41) is 2.45. The molecule has 0 saturated carbocycles. The van der Waals surface area contributed by atoms with Gasteiger partial charge in [-0.2, -0.15) is 13.2 Å². The first-order valence-corrected chi connectivity index (χ1v) is 8.11. The molecule has 0 unspecified atom stereocenters. The molecule has 27 heavy (non-hydrogen) atoms. The summed E-state index contributed by atoms with van der Waals surface area (Å²) in [6.45, 7) is 0. The summed E-state index contributed by atoms with van der Waals surface area (Å²) in [5.74, 6) is -0.579. The molecule has 0 atom stereocenters. The number of nitrogens with zero attached hydrogens (tertiary/aromatic N) is 1. The van der Waals surface area contributed by atoms with Crippen molar-refractivity contribution in [3.05, 3.63) is 95.3 Å². The average Bonchev–Trinajstić information content (AvgIpc) is 2.67. The van der Waals surface area contributed by atoms with Crippen LogP contribution in [0.15, 0.2) is 72.8 Å². The van der Waals surface area contributed by atoms with Crippen molar-refractivity contribution in [2.45, 2.75) is 6.18 Å². The van der Waals surface area contributed by atoms with Crippen LogP contribution in [-0.4, -0.2) is 10.9 Å². The first-order valence-electron chi connectivity index (χ1n) is 8.11. The Morgan fingerprint density at radius 1 is 0.889 bits per heavy atom. The lowest BCUT2D eigenvalue weighted by Crippen LogP contribution is -2.14. The minimum absolute atomic E-state index is 0.0573. The monoisotopic (exact) mass is 368 g/mol. The Balaban J connectivity index is 1.75. The summed E-state index contributed by atoms with van der Waals surface area (Å²) < 4.78 is 38.3. The fourth-order valence-corrected chi connectivity index (χ4v) is 2.38. The quantitative estimate of drug-likeness (QED) is 0.658. The molecule has 0 aliphatic carbocycles. The number of pyridine rings is 1. The molecule has 6 heteroatoms. The average molecular weight is 368 g/mol. The van der Waals surface area contributed by atoms with Gasteiger partial charge in [0.15, 0.2) is 0 Å². The molecule has 3 aromatic rings. The number of nitrogens with one attached hydrogen (secondary N) is 1. The Morgan fingerprint density at radius 3 is 2.37 bits per heavy atom. The van der Waals surface area contributed by atoms with Gasteiger partial charge < -0.3 is 5.32 Å². The lowest BCUT2D eigenvalue weighted by Gasteiger charge is -2.09. The highest BCUT2D eigenvalue weighted by molar-refractivity contribution is 6.03. The van der Waals surface area contributed by atoms with E-state index in [9.17, 15) is 18.0 Å². The molecule has 0 aliphatic heterocycles. The molecule has 3 nitrogen and oxygen atoms in total. The molecule has 1 amide bonds. The molecular formula is C21H15F3N2O. The number of carbonyl (C=O) groups excluding carboxylic acids is 1. The van der Waals surface area contributed by atoms with Crippen molar-refractivity contribution in [2.75, 3.05) is 5.32 Å². The SMILES string of the molecule is O=C(Nc1cccc(C(F)(F)F)c1)c1cccc(C=Cc2ccccc2)n1. The summed E-state index contributed by atoms with van der Waals surface area (Å²) in [7, 11) is 0. The van der Waals surface area contributed by atoms with Crippen LogP contribution < -0.4 is 5.32 Å². The number of anilines is 1. The maximum Gasteiger partial charge on any atom is 0.416 e. The molecule has 0 saturated heterocycles. The van der Waals surface area contributed by atoms with Crippen LogP contribution in [0.4, 0.5) is 18.9 Å². The van der Waals surface area contributed by atoms with Crippen LogP contribution in [0.5, 0.6) is 0 Å². The van der Waals surface area contributed by atoms with Gasteiger partial charge in [0, 0.05) is 5.69 Å². The Labute approximate surface area is 154 Å². The van der Waals surface area contributed by atoms with Gasteiger partial charge in [0.2, 0.25) is 0 Å². The van der Waals surface area contributed by atoms with E-state index in [1.165, 1.54) is 18.2 Å². The van der Waals surface area contributed by atoms with Gasteiger partial charge in [-0.15, -0.1) is 0 Å². The first-order chi connectivity index (χ1) is 12.9. The van der Waals surface area contributed by atoms with E-state index in [1.54, 1.807) is 18.2 Å². The van der Waals surface area contributed by atoms with Crippen LogP contribution in [0.3, 0.4) is 0 Å². The molecule has 2 aromatic carbocycles. The largest absolute Gasteiger partial charge is 0.416 e. The molecule has 0 fully saturated rings. The summed E-state index contributed by atoms with van der Waals surface area (Å²) in [4.78, 5) is 16.6. The number of benzene rings is 2. The zero-order chi connectivity index (χ0) is 19.3. The second-order valence-corrected chi connectivity index (χ2v) is 5.72. The number of carbonyl (C=O) groups is 1. The third-order valence-corrected chi connectivity index (χ3v) is 3.70. The number of alkyl halides is 3. The van der Waals surface area contributed by atoms with E-state index in [0.29, 0.717) is 5.69 Å². The highest BCUT2D eigenvalue weighted by atomic mass is 19.4. The van der Waals surface area contributed by atoms with Crippen molar-refractivity contribution in [1.29, 1.82) is 0 Å². The topological polar surface area (TPSA) is 42.0 Å². The van der Waals surface area contributed by atoms with Gasteiger partial charge in [-0.3, -0.25) is 4.79 Å². The van der Waals surface area contributed by atoms with Crippen molar-refractivity contribution < 1.29 is 18.0 Å². The maximum atomic E-state index is 12.8. The van der Waals surface area contributed by atoms with Crippen LogP contribution in [0.2, 0.25) is 0 Å². The second kappa shape index (κ2) is 7.86. The Hall–Kier alpha value is -3.41. The van der Waals surface area contributed by atoms with Gasteiger partial charge in [0.1, 0.15) is 5.69 Å². The Morgan fingerprint density at radius 2 is 1.63 bits per heavy atom. The van der Waals surface area contributed by atoms with E-state index in [0.717, 1.165) is 17.7 Å². The van der Waals surface area contributed by atoms with Crippen molar-refractivity contribution in [1.82, 2.24) is 4.98 Å². The number of aromatic nitrogens is 1. The van der Waals surface area contributed by atoms with E-state index in [2.05, 4.69) is 10.3 Å². The number of amides is 1. The van der Waals surface area contributed by atoms with Crippen LogP contribution in [0.1, 0.15) is 27.3 Å². The Bertz CT molecular complexity index is 966. The predicted octanol–water partition coefficient (Wildman–Crippen LogP) is 5.52. The summed E-state index contributed by atoms with van der Waals surface area (Å²) >= 11 is 0. The zero-order valence-corrected chi connectivity index (χ0v) is 14.1. The van der Waals surface area contributed by atoms with Gasteiger partial charge in [-0.1, -0.05) is 48.5 Å². The zero-order valence-electron chi connectivity index (χ0n) is 14.1. The fraction of sp³-hybridized carbons (Fsp3) is 0.0476. The normalized spacial score (nSPS) is 11.5. The molecule has 1 N–H and O–H groups in total. The third kappa shape index (κ3) is 5.04. The summed E-state index contributed by atoms with van der Waals surface area (Å²) in [6.07, 6.45) is -0.853. The number of hydrogen-bond donors (Lipinski definition) is 1. The van der Waals surface area contributed by atoms with E-state index in [-0.39, 0.29) is 11.4 Å². The predicted molar refractivity (Wildman–Crippen MR) is 99.0 cm³/mol. The molecule has 0 spiro atoms. The summed E-state index contributed by atoms with van der Waals surface area (Å²) in [6, 6.07) is 19.0.